The van der Waals surface area contributed by atoms with Gasteiger partial charge in [-0.3, -0.25) is 0 Å². The van der Waals surface area contributed by atoms with Crippen LogP contribution in [-0.2, 0) is 11.3 Å². The average Bonchev–Trinajstić information content (AvgIpc) is 2.84. The molecule has 1 aromatic carbocycles. The molecule has 2 N–H and O–H groups in total. The molecule has 0 unspecified atom stereocenters. The lowest BCUT2D eigenvalue weighted by Crippen LogP contribution is -1.98. The lowest BCUT2D eigenvalue weighted by Gasteiger charge is -2.13. The molecule has 0 aliphatic heterocycles. The van der Waals surface area contributed by atoms with Gasteiger partial charge in [0.15, 0.2) is 0 Å². The Kier molecular flexibility index (Phi) is 3.91. The summed E-state index contributed by atoms with van der Waals surface area (Å²) >= 11 is 0. The second kappa shape index (κ2) is 5.62. The van der Waals surface area contributed by atoms with Crippen molar-refractivity contribution in [2.75, 3.05) is 27.1 Å². The number of hydrogen-bond donors (Lipinski definition) is 1. The first kappa shape index (κ1) is 13.2. The van der Waals surface area contributed by atoms with Crippen LogP contribution in [0.25, 0.3) is 11.3 Å². The van der Waals surface area contributed by atoms with Crippen molar-refractivity contribution in [3.8, 4) is 22.8 Å². The van der Waals surface area contributed by atoms with Crippen molar-refractivity contribution in [2.45, 2.75) is 6.61 Å². The molecule has 0 aliphatic carbocycles. The molecular weight excluding hydrogens is 248 g/mol. The highest BCUT2D eigenvalue weighted by Crippen LogP contribution is 2.37. The molecule has 0 fully saturated rings. The number of methoxy groups -OCH3 is 3. The van der Waals surface area contributed by atoms with Crippen LogP contribution >= 0.6 is 0 Å². The second-order valence-corrected chi connectivity index (χ2v) is 3.91. The van der Waals surface area contributed by atoms with Gasteiger partial charge in [0.2, 0.25) is 5.88 Å². The van der Waals surface area contributed by atoms with E-state index in [9.17, 15) is 0 Å². The van der Waals surface area contributed by atoms with Gasteiger partial charge in [-0.25, -0.2) is 0 Å². The molecule has 0 atom stereocenters. The summed E-state index contributed by atoms with van der Waals surface area (Å²) < 4.78 is 20.7. The monoisotopic (exact) mass is 264 g/mol. The Bertz CT molecular complexity index is 566. The summed E-state index contributed by atoms with van der Waals surface area (Å²) in [5.74, 6) is 1.56. The van der Waals surface area contributed by atoms with Gasteiger partial charge in [-0.15, -0.1) is 0 Å². The van der Waals surface area contributed by atoms with Crippen LogP contribution in [0.15, 0.2) is 22.7 Å². The Hall–Kier alpha value is -2.21. The largest absolute Gasteiger partial charge is 0.497 e. The summed E-state index contributed by atoms with van der Waals surface area (Å²) in [5.41, 5.74) is 7.83. The lowest BCUT2D eigenvalue weighted by molar-refractivity contribution is 0.184. The van der Waals surface area contributed by atoms with Gasteiger partial charge in [0, 0.05) is 19.2 Å². The molecule has 0 aliphatic rings. The third-order valence-corrected chi connectivity index (χ3v) is 2.70. The van der Waals surface area contributed by atoms with Crippen LogP contribution in [0.1, 0.15) is 5.56 Å². The van der Waals surface area contributed by atoms with Crippen LogP contribution in [0.4, 0.5) is 5.88 Å². The molecule has 0 bridgehead atoms. The Morgan fingerprint density at radius 1 is 1.16 bits per heavy atom. The summed E-state index contributed by atoms with van der Waals surface area (Å²) in [4.78, 5) is 0. The molecule has 2 rings (SSSR count). The zero-order chi connectivity index (χ0) is 13.8. The molecule has 102 valence electrons. The van der Waals surface area contributed by atoms with E-state index < -0.39 is 0 Å². The maximum atomic E-state index is 5.56. The number of anilines is 1. The molecule has 1 heterocycles. The Labute approximate surface area is 111 Å². The minimum Gasteiger partial charge on any atom is -0.497 e. The zero-order valence-corrected chi connectivity index (χ0v) is 11.1. The maximum Gasteiger partial charge on any atom is 0.222 e. The van der Waals surface area contributed by atoms with Gasteiger partial charge in [0.05, 0.1) is 26.4 Å². The van der Waals surface area contributed by atoms with E-state index in [1.54, 1.807) is 33.5 Å². The molecular formula is C13H16N2O4. The molecule has 0 spiro atoms. The van der Waals surface area contributed by atoms with Crippen LogP contribution in [0.2, 0.25) is 0 Å². The third-order valence-electron chi connectivity index (χ3n) is 2.70. The summed E-state index contributed by atoms with van der Waals surface area (Å²) in [6.07, 6.45) is 0. The number of hydrogen-bond acceptors (Lipinski definition) is 6. The smallest absolute Gasteiger partial charge is 0.222 e. The van der Waals surface area contributed by atoms with Crippen molar-refractivity contribution < 1.29 is 18.7 Å². The second-order valence-electron chi connectivity index (χ2n) is 3.91. The van der Waals surface area contributed by atoms with Gasteiger partial charge in [0.1, 0.15) is 17.2 Å². The Balaban J connectivity index is 2.61. The van der Waals surface area contributed by atoms with Crippen LogP contribution in [0, 0.1) is 0 Å². The number of rotatable bonds is 5. The topological polar surface area (TPSA) is 79.7 Å². The average molecular weight is 264 g/mol. The van der Waals surface area contributed by atoms with Crippen molar-refractivity contribution in [3.05, 3.63) is 23.8 Å². The molecule has 19 heavy (non-hydrogen) atoms. The van der Waals surface area contributed by atoms with Crippen molar-refractivity contribution in [3.63, 3.8) is 0 Å². The zero-order valence-electron chi connectivity index (χ0n) is 11.1. The molecule has 0 saturated carbocycles. The molecule has 1 aromatic heterocycles. The fourth-order valence-electron chi connectivity index (χ4n) is 1.89. The normalized spacial score (nSPS) is 10.5. The van der Waals surface area contributed by atoms with Gasteiger partial charge in [0.25, 0.3) is 0 Å². The molecule has 6 heteroatoms. The van der Waals surface area contributed by atoms with Gasteiger partial charge in [-0.1, -0.05) is 5.16 Å². The molecule has 6 nitrogen and oxygen atoms in total. The van der Waals surface area contributed by atoms with Gasteiger partial charge >= 0.3 is 0 Å². The molecule has 0 saturated heterocycles. The number of benzene rings is 1. The lowest BCUT2D eigenvalue weighted by atomic mass is 10.0. The van der Waals surface area contributed by atoms with Crippen LogP contribution in [0.3, 0.4) is 0 Å². The van der Waals surface area contributed by atoms with Crippen molar-refractivity contribution in [1.29, 1.82) is 0 Å². The minimum absolute atomic E-state index is 0.247. The van der Waals surface area contributed by atoms with Crippen LogP contribution in [0.5, 0.6) is 11.5 Å². The van der Waals surface area contributed by atoms with E-state index in [1.807, 2.05) is 6.07 Å². The standard InChI is InChI=1S/C13H16N2O4/c1-16-7-8-4-9(17-2)5-11(18-3)13(8)10-6-12(14)19-15-10/h4-6H,7,14H2,1-3H3. The first-order chi connectivity index (χ1) is 9.19. The fraction of sp³-hybridized carbons (Fsp3) is 0.308. The number of nitrogens with two attached hydrogens (primary N) is 1. The SMILES string of the molecule is COCc1cc(OC)cc(OC)c1-c1cc(N)on1. The summed E-state index contributed by atoms with van der Waals surface area (Å²) in [7, 11) is 4.80. The summed E-state index contributed by atoms with van der Waals surface area (Å²) in [6.45, 7) is 0.398. The van der Waals surface area contributed by atoms with E-state index in [4.69, 9.17) is 24.5 Å². The van der Waals surface area contributed by atoms with E-state index >= 15 is 0 Å². The Morgan fingerprint density at radius 2 is 1.95 bits per heavy atom. The van der Waals surface area contributed by atoms with Crippen LogP contribution in [-0.4, -0.2) is 26.5 Å². The van der Waals surface area contributed by atoms with Gasteiger partial charge in [-0.2, -0.15) is 0 Å². The van der Waals surface area contributed by atoms with Crippen molar-refractivity contribution in [1.82, 2.24) is 5.16 Å². The predicted octanol–water partition coefficient (Wildman–Crippen LogP) is 2.09. The maximum absolute atomic E-state index is 5.56. The number of aromatic nitrogens is 1. The minimum atomic E-state index is 0.247. The first-order valence-corrected chi connectivity index (χ1v) is 5.66. The highest BCUT2D eigenvalue weighted by atomic mass is 16.5. The summed E-state index contributed by atoms with van der Waals surface area (Å²) in [5, 5.41) is 3.92. The fourth-order valence-corrected chi connectivity index (χ4v) is 1.89. The van der Waals surface area contributed by atoms with Crippen LogP contribution < -0.4 is 15.2 Å². The van der Waals surface area contributed by atoms with E-state index in [2.05, 4.69) is 5.16 Å². The summed E-state index contributed by atoms with van der Waals surface area (Å²) in [6, 6.07) is 5.29. The van der Waals surface area contributed by atoms with Crippen molar-refractivity contribution in [2.24, 2.45) is 0 Å². The quantitative estimate of drug-likeness (QED) is 0.890. The van der Waals surface area contributed by atoms with Crippen molar-refractivity contribution >= 4 is 5.88 Å². The number of ether oxygens (including phenoxy) is 3. The van der Waals surface area contributed by atoms with E-state index in [0.717, 1.165) is 11.1 Å². The van der Waals surface area contributed by atoms with E-state index in [-0.39, 0.29) is 5.88 Å². The van der Waals surface area contributed by atoms with E-state index in [0.29, 0.717) is 23.8 Å². The highest BCUT2D eigenvalue weighted by molar-refractivity contribution is 5.73. The van der Waals surface area contributed by atoms with E-state index in [1.165, 1.54) is 0 Å². The first-order valence-electron chi connectivity index (χ1n) is 5.66. The predicted molar refractivity (Wildman–Crippen MR) is 70.2 cm³/mol. The third kappa shape index (κ3) is 2.63. The van der Waals surface area contributed by atoms with Gasteiger partial charge < -0.3 is 24.5 Å². The van der Waals surface area contributed by atoms with Gasteiger partial charge in [-0.05, 0) is 11.6 Å². The Morgan fingerprint density at radius 3 is 2.47 bits per heavy atom. The number of nitrogens with zero attached hydrogens (tertiary/aromatic N) is 1. The molecule has 0 radical (unpaired) electrons. The number of nitrogen functional groups attached to an aromatic ring is 1. The molecule has 0 amide bonds. The molecule has 2 aromatic rings. The highest BCUT2D eigenvalue weighted by Gasteiger charge is 2.17.